The zero-order chi connectivity index (χ0) is 20.3. The van der Waals surface area contributed by atoms with Gasteiger partial charge in [0.25, 0.3) is 5.91 Å². The smallest absolute Gasteiger partial charge is 0.308 e. The van der Waals surface area contributed by atoms with Gasteiger partial charge in [-0.25, -0.2) is 4.39 Å². The number of benzene rings is 1. The number of carbonyl (C=O) groups excluding carboxylic acids is 2. The molecule has 1 unspecified atom stereocenters. The molecule has 1 atom stereocenters. The molecule has 1 aliphatic rings. The third-order valence-corrected chi connectivity index (χ3v) is 4.61. The van der Waals surface area contributed by atoms with Crippen LogP contribution in [0.4, 0.5) is 4.39 Å². The lowest BCUT2D eigenvalue weighted by atomic mass is 9.98. The van der Waals surface area contributed by atoms with Crippen molar-refractivity contribution in [1.29, 1.82) is 0 Å². The summed E-state index contributed by atoms with van der Waals surface area (Å²) in [5, 5.41) is 17.2. The Balaban J connectivity index is 1.62. The molecular weight excluding hydrogens is 369 g/mol. The molecular formula is C18H20FN5O4. The van der Waals surface area contributed by atoms with Crippen LogP contribution in [-0.4, -0.2) is 74.4 Å². The van der Waals surface area contributed by atoms with Crippen LogP contribution >= 0.6 is 0 Å². The van der Waals surface area contributed by atoms with Gasteiger partial charge in [-0.15, -0.1) is 5.10 Å². The summed E-state index contributed by atoms with van der Waals surface area (Å²) in [6.45, 7) is 0.441. The van der Waals surface area contributed by atoms with Gasteiger partial charge in [-0.05, 0) is 37.1 Å². The fraction of sp³-hybridized carbons (Fsp3) is 0.389. The molecule has 2 aromatic rings. The van der Waals surface area contributed by atoms with Crippen molar-refractivity contribution in [3.63, 3.8) is 0 Å². The number of piperidine rings is 1. The highest BCUT2D eigenvalue weighted by Crippen LogP contribution is 2.17. The van der Waals surface area contributed by atoms with Crippen molar-refractivity contribution in [3.8, 4) is 5.69 Å². The molecule has 0 aliphatic carbocycles. The predicted molar refractivity (Wildman–Crippen MR) is 95.2 cm³/mol. The SMILES string of the molecule is CN(CC(=O)N1CCCC(C(=O)O)C1)C(=O)c1cnn(-c2ccc(F)cc2)n1. The lowest BCUT2D eigenvalue weighted by Crippen LogP contribution is -2.47. The standard InChI is InChI=1S/C18H20FN5O4/c1-22(11-16(25)23-8-2-3-12(10-23)18(27)28)17(26)15-9-20-24(21-15)14-6-4-13(19)5-7-14/h4-7,9,12H,2-3,8,10-11H2,1H3,(H,27,28). The van der Waals surface area contributed by atoms with Gasteiger partial charge < -0.3 is 14.9 Å². The number of rotatable bonds is 5. The molecule has 0 saturated carbocycles. The van der Waals surface area contributed by atoms with Crippen LogP contribution in [0.5, 0.6) is 0 Å². The molecule has 2 amide bonds. The molecule has 0 spiro atoms. The van der Waals surface area contributed by atoms with Gasteiger partial charge in [0.1, 0.15) is 5.82 Å². The molecule has 1 saturated heterocycles. The normalized spacial score (nSPS) is 16.6. The van der Waals surface area contributed by atoms with Gasteiger partial charge in [-0.2, -0.15) is 9.90 Å². The van der Waals surface area contributed by atoms with E-state index in [2.05, 4.69) is 10.2 Å². The molecule has 1 fully saturated rings. The number of likely N-dealkylation sites (tertiary alicyclic amines) is 1. The number of hydrogen-bond acceptors (Lipinski definition) is 5. The molecule has 0 bridgehead atoms. The van der Waals surface area contributed by atoms with Gasteiger partial charge in [0.15, 0.2) is 5.69 Å². The van der Waals surface area contributed by atoms with Crippen LogP contribution in [0.2, 0.25) is 0 Å². The molecule has 148 valence electrons. The third-order valence-electron chi connectivity index (χ3n) is 4.61. The second-order valence-corrected chi connectivity index (χ2v) is 6.67. The number of nitrogens with zero attached hydrogens (tertiary/aromatic N) is 5. The summed E-state index contributed by atoms with van der Waals surface area (Å²) in [7, 11) is 1.47. The lowest BCUT2D eigenvalue weighted by molar-refractivity contribution is -0.145. The Morgan fingerprint density at radius 1 is 1.29 bits per heavy atom. The van der Waals surface area contributed by atoms with Crippen LogP contribution in [0.3, 0.4) is 0 Å². The van der Waals surface area contributed by atoms with Crippen molar-refractivity contribution < 1.29 is 23.9 Å². The fourth-order valence-electron chi connectivity index (χ4n) is 3.04. The second kappa shape index (κ2) is 8.15. The highest BCUT2D eigenvalue weighted by atomic mass is 19.1. The quantitative estimate of drug-likeness (QED) is 0.810. The maximum absolute atomic E-state index is 13.0. The van der Waals surface area contributed by atoms with Crippen molar-refractivity contribution in [3.05, 3.63) is 42.0 Å². The zero-order valence-electron chi connectivity index (χ0n) is 15.3. The van der Waals surface area contributed by atoms with Gasteiger partial charge in [-0.1, -0.05) is 0 Å². The summed E-state index contributed by atoms with van der Waals surface area (Å²) in [5.41, 5.74) is 0.536. The van der Waals surface area contributed by atoms with E-state index in [4.69, 9.17) is 5.11 Å². The van der Waals surface area contributed by atoms with Crippen LogP contribution in [0.1, 0.15) is 23.3 Å². The molecule has 28 heavy (non-hydrogen) atoms. The zero-order valence-corrected chi connectivity index (χ0v) is 15.3. The van der Waals surface area contributed by atoms with E-state index in [1.54, 1.807) is 0 Å². The third kappa shape index (κ3) is 4.33. The van der Waals surface area contributed by atoms with E-state index < -0.39 is 23.6 Å². The van der Waals surface area contributed by atoms with Crippen molar-refractivity contribution in [2.24, 2.45) is 5.92 Å². The number of amides is 2. The van der Waals surface area contributed by atoms with E-state index in [-0.39, 0.29) is 24.7 Å². The molecule has 1 aromatic heterocycles. The summed E-state index contributed by atoms with van der Waals surface area (Å²) < 4.78 is 13.0. The topological polar surface area (TPSA) is 109 Å². The highest BCUT2D eigenvalue weighted by molar-refractivity contribution is 5.94. The molecule has 2 heterocycles. The van der Waals surface area contributed by atoms with Crippen molar-refractivity contribution in [2.45, 2.75) is 12.8 Å². The molecule has 0 radical (unpaired) electrons. The van der Waals surface area contributed by atoms with Crippen molar-refractivity contribution in [2.75, 3.05) is 26.7 Å². The Labute approximate surface area is 160 Å². The minimum Gasteiger partial charge on any atom is -0.481 e. The minimum atomic E-state index is -0.917. The Bertz CT molecular complexity index is 882. The van der Waals surface area contributed by atoms with Gasteiger partial charge in [0, 0.05) is 20.1 Å². The average Bonchev–Trinajstić information content (AvgIpc) is 3.18. The van der Waals surface area contributed by atoms with Crippen LogP contribution in [0.15, 0.2) is 30.5 Å². The van der Waals surface area contributed by atoms with Gasteiger partial charge in [0.05, 0.1) is 24.3 Å². The van der Waals surface area contributed by atoms with E-state index >= 15 is 0 Å². The van der Waals surface area contributed by atoms with Crippen molar-refractivity contribution >= 4 is 17.8 Å². The Hall–Kier alpha value is -3.30. The summed E-state index contributed by atoms with van der Waals surface area (Å²) in [5.74, 6) is -2.69. The first-order chi connectivity index (χ1) is 13.3. The van der Waals surface area contributed by atoms with E-state index in [9.17, 15) is 18.8 Å². The first-order valence-electron chi connectivity index (χ1n) is 8.79. The summed E-state index contributed by atoms with van der Waals surface area (Å²) in [6, 6.07) is 5.47. The van der Waals surface area contributed by atoms with Gasteiger partial charge in [-0.3, -0.25) is 14.4 Å². The predicted octanol–water partition coefficient (Wildman–Crippen LogP) is 0.802. The Kier molecular flexibility index (Phi) is 5.67. The minimum absolute atomic E-state index is 0.0432. The van der Waals surface area contributed by atoms with Crippen molar-refractivity contribution in [1.82, 2.24) is 24.8 Å². The number of carboxylic acids is 1. The number of likely N-dealkylation sites (N-methyl/N-ethyl adjacent to an activating group) is 1. The number of carboxylic acid groups (broad SMARTS) is 1. The Morgan fingerprint density at radius 2 is 2.00 bits per heavy atom. The number of aromatic nitrogens is 3. The lowest BCUT2D eigenvalue weighted by Gasteiger charge is -2.31. The number of carbonyl (C=O) groups is 3. The second-order valence-electron chi connectivity index (χ2n) is 6.67. The molecule has 10 heteroatoms. The van der Waals surface area contributed by atoms with Gasteiger partial charge >= 0.3 is 5.97 Å². The number of halogens is 1. The van der Waals surface area contributed by atoms with Crippen LogP contribution in [-0.2, 0) is 9.59 Å². The maximum atomic E-state index is 13.0. The summed E-state index contributed by atoms with van der Waals surface area (Å²) in [6.07, 6.45) is 2.43. The molecule has 1 aromatic carbocycles. The molecule has 9 nitrogen and oxygen atoms in total. The number of aliphatic carboxylic acids is 1. The van der Waals surface area contributed by atoms with E-state index in [1.807, 2.05) is 0 Å². The van der Waals surface area contributed by atoms with Crippen LogP contribution in [0, 0.1) is 11.7 Å². The summed E-state index contributed by atoms with van der Waals surface area (Å²) in [4.78, 5) is 40.0. The molecule has 1 aliphatic heterocycles. The first-order valence-corrected chi connectivity index (χ1v) is 8.79. The Morgan fingerprint density at radius 3 is 2.68 bits per heavy atom. The highest BCUT2D eigenvalue weighted by Gasteiger charge is 2.29. The van der Waals surface area contributed by atoms with Crippen LogP contribution in [0.25, 0.3) is 5.69 Å². The summed E-state index contributed by atoms with van der Waals surface area (Å²) >= 11 is 0. The largest absolute Gasteiger partial charge is 0.481 e. The van der Waals surface area contributed by atoms with E-state index in [0.717, 1.165) is 0 Å². The molecule has 3 rings (SSSR count). The van der Waals surface area contributed by atoms with Gasteiger partial charge in [0.2, 0.25) is 5.91 Å². The first kappa shape index (κ1) is 19.5. The monoisotopic (exact) mass is 389 g/mol. The molecule has 1 N–H and O–H groups in total. The number of hydrogen-bond donors (Lipinski definition) is 1. The fourth-order valence-corrected chi connectivity index (χ4v) is 3.04. The average molecular weight is 389 g/mol. The van der Waals surface area contributed by atoms with Crippen LogP contribution < -0.4 is 0 Å². The van der Waals surface area contributed by atoms with E-state index in [1.165, 1.54) is 52.1 Å². The maximum Gasteiger partial charge on any atom is 0.308 e. The van der Waals surface area contributed by atoms with E-state index in [0.29, 0.717) is 25.1 Å².